The van der Waals surface area contributed by atoms with E-state index < -0.39 is 6.04 Å². The van der Waals surface area contributed by atoms with Crippen LogP contribution in [0.5, 0.6) is 0 Å². The van der Waals surface area contributed by atoms with Crippen molar-refractivity contribution >= 4 is 33.4 Å². The number of fused-ring (bicyclic) bond motifs is 1. The molecule has 3 heterocycles. The first-order valence-corrected chi connectivity index (χ1v) is 11.6. The van der Waals surface area contributed by atoms with Crippen molar-refractivity contribution in [2.45, 2.75) is 45.8 Å². The van der Waals surface area contributed by atoms with E-state index in [0.717, 1.165) is 28.6 Å². The zero-order chi connectivity index (χ0) is 21.9. The van der Waals surface area contributed by atoms with Crippen LogP contribution in [0.3, 0.4) is 0 Å². The van der Waals surface area contributed by atoms with Gasteiger partial charge < -0.3 is 4.74 Å². The number of ketones is 1. The Morgan fingerprint density at radius 2 is 1.74 bits per heavy atom. The molecule has 1 saturated carbocycles. The molecular formula is C25H25BrN2O3. The molecule has 1 fully saturated rings. The molecule has 5 atom stereocenters. The molecule has 5 unspecified atom stereocenters. The van der Waals surface area contributed by atoms with Crippen LogP contribution in [0.4, 0.5) is 5.82 Å². The third kappa shape index (κ3) is 3.32. The number of anilines is 1. The van der Waals surface area contributed by atoms with Gasteiger partial charge in [-0.2, -0.15) is 0 Å². The number of benzene rings is 1. The number of aryl methyl sites for hydroxylation is 1. The van der Waals surface area contributed by atoms with Crippen molar-refractivity contribution in [3.8, 4) is 0 Å². The lowest BCUT2D eigenvalue weighted by Crippen LogP contribution is -2.43. The van der Waals surface area contributed by atoms with Gasteiger partial charge >= 0.3 is 0 Å². The van der Waals surface area contributed by atoms with Crippen molar-refractivity contribution < 1.29 is 14.3 Å². The van der Waals surface area contributed by atoms with Crippen LogP contribution in [0, 0.1) is 24.7 Å². The Hall–Kier alpha value is -2.47. The third-order valence-electron chi connectivity index (χ3n) is 7.02. The van der Waals surface area contributed by atoms with Gasteiger partial charge in [0.25, 0.3) is 5.91 Å². The number of ether oxygens (including phenoxy) is 1. The topological polar surface area (TPSA) is 59.5 Å². The number of hydrogen-bond donors (Lipinski definition) is 0. The van der Waals surface area contributed by atoms with Crippen molar-refractivity contribution in [1.82, 2.24) is 4.98 Å². The lowest BCUT2D eigenvalue weighted by Gasteiger charge is -2.40. The highest BCUT2D eigenvalue weighted by molar-refractivity contribution is 9.10. The number of nitrogens with zero attached hydrogens (tertiary/aromatic N) is 2. The fraction of sp³-hybridized carbons (Fsp3) is 0.400. The summed E-state index contributed by atoms with van der Waals surface area (Å²) >= 11 is 3.48. The van der Waals surface area contributed by atoms with Crippen LogP contribution >= 0.6 is 15.9 Å². The first-order chi connectivity index (χ1) is 14.8. The van der Waals surface area contributed by atoms with Gasteiger partial charge in [-0.25, -0.2) is 4.98 Å². The fourth-order valence-electron chi connectivity index (χ4n) is 5.12. The molecule has 0 saturated heterocycles. The maximum atomic E-state index is 13.8. The van der Waals surface area contributed by atoms with Gasteiger partial charge in [0, 0.05) is 10.2 Å². The molecule has 1 aromatic carbocycles. The summed E-state index contributed by atoms with van der Waals surface area (Å²) in [6.45, 7) is 6.29. The van der Waals surface area contributed by atoms with E-state index in [2.05, 4.69) is 34.8 Å². The monoisotopic (exact) mass is 480 g/mol. The normalized spacial score (nSPS) is 30.2. The molecule has 5 rings (SSSR count). The summed E-state index contributed by atoms with van der Waals surface area (Å²) in [5, 5.41) is 0. The minimum absolute atomic E-state index is 0.0569. The molecule has 2 aliphatic heterocycles. The Bertz CT molecular complexity index is 1090. The van der Waals surface area contributed by atoms with Crippen LogP contribution < -0.4 is 4.90 Å². The standard InChI is InChI=1S/C25H25BrN2O3/c1-13-11-18-19(12-14(13)2)31-24-21(23(18)29)22(16-7-9-17(26)10-8-16)28(25(24)30)20-6-4-5-15(3)27-20/h4-10,13-14,18-19,22H,11-12H2,1-3H3. The van der Waals surface area contributed by atoms with Gasteiger partial charge in [-0.15, -0.1) is 0 Å². The number of amides is 1. The summed E-state index contributed by atoms with van der Waals surface area (Å²) < 4.78 is 7.24. The molecule has 5 nitrogen and oxygen atoms in total. The number of rotatable bonds is 2. The minimum Gasteiger partial charge on any atom is -0.483 e. The molecule has 2 aromatic rings. The second kappa shape index (κ2) is 7.59. The van der Waals surface area contributed by atoms with Crippen LogP contribution in [-0.4, -0.2) is 22.8 Å². The summed E-state index contributed by atoms with van der Waals surface area (Å²) in [6.07, 6.45) is 1.37. The van der Waals surface area contributed by atoms with E-state index in [0.29, 0.717) is 23.2 Å². The zero-order valence-electron chi connectivity index (χ0n) is 17.8. The highest BCUT2D eigenvalue weighted by Crippen LogP contribution is 2.49. The van der Waals surface area contributed by atoms with Crippen molar-refractivity contribution in [3.63, 3.8) is 0 Å². The van der Waals surface area contributed by atoms with Crippen molar-refractivity contribution in [2.24, 2.45) is 17.8 Å². The largest absolute Gasteiger partial charge is 0.483 e. The van der Waals surface area contributed by atoms with Gasteiger partial charge in [0.1, 0.15) is 11.9 Å². The number of halogens is 1. The first-order valence-electron chi connectivity index (χ1n) is 10.8. The lowest BCUT2D eigenvalue weighted by molar-refractivity contribution is -0.134. The number of pyridine rings is 1. The zero-order valence-corrected chi connectivity index (χ0v) is 19.4. The van der Waals surface area contributed by atoms with Crippen LogP contribution in [0.15, 0.2) is 58.3 Å². The number of carbonyl (C=O) groups excluding carboxylic acids is 2. The average molecular weight is 481 g/mol. The van der Waals surface area contributed by atoms with E-state index in [1.54, 1.807) is 4.90 Å². The lowest BCUT2D eigenvalue weighted by atomic mass is 9.70. The van der Waals surface area contributed by atoms with Gasteiger partial charge in [0.2, 0.25) is 0 Å². The Labute approximate surface area is 190 Å². The molecular weight excluding hydrogens is 456 g/mol. The number of Topliss-reactive ketones (excluding diaryl/α,β-unsaturated/α-hetero) is 1. The van der Waals surface area contributed by atoms with E-state index in [-0.39, 0.29) is 29.5 Å². The average Bonchev–Trinajstić information content (AvgIpc) is 3.03. The molecule has 0 spiro atoms. The van der Waals surface area contributed by atoms with Crippen LogP contribution in [0.1, 0.15) is 44.0 Å². The predicted molar refractivity (Wildman–Crippen MR) is 121 cm³/mol. The van der Waals surface area contributed by atoms with E-state index >= 15 is 0 Å². The molecule has 6 heteroatoms. The highest BCUT2D eigenvalue weighted by atomic mass is 79.9. The summed E-state index contributed by atoms with van der Waals surface area (Å²) in [4.78, 5) is 33.6. The van der Waals surface area contributed by atoms with Crippen molar-refractivity contribution in [3.05, 3.63) is 69.5 Å². The van der Waals surface area contributed by atoms with Gasteiger partial charge in [-0.1, -0.05) is 48.0 Å². The molecule has 1 amide bonds. The quantitative estimate of drug-likeness (QED) is 0.596. The molecule has 31 heavy (non-hydrogen) atoms. The maximum Gasteiger partial charge on any atom is 0.295 e. The van der Waals surface area contributed by atoms with Crippen LogP contribution in [0.2, 0.25) is 0 Å². The summed E-state index contributed by atoms with van der Waals surface area (Å²) in [5.41, 5.74) is 2.17. The van der Waals surface area contributed by atoms with Gasteiger partial charge in [0.15, 0.2) is 11.5 Å². The molecule has 1 aromatic heterocycles. The summed E-state index contributed by atoms with van der Waals surface area (Å²) in [6, 6.07) is 12.8. The van der Waals surface area contributed by atoms with E-state index in [9.17, 15) is 9.59 Å². The Balaban J connectivity index is 1.64. The molecule has 0 bridgehead atoms. The Morgan fingerprint density at radius 1 is 1.03 bits per heavy atom. The van der Waals surface area contributed by atoms with E-state index in [1.807, 2.05) is 49.4 Å². The predicted octanol–water partition coefficient (Wildman–Crippen LogP) is 5.14. The van der Waals surface area contributed by atoms with Gasteiger partial charge in [-0.3, -0.25) is 14.5 Å². The van der Waals surface area contributed by atoms with E-state index in [4.69, 9.17) is 4.74 Å². The first kappa shape index (κ1) is 20.4. The summed E-state index contributed by atoms with van der Waals surface area (Å²) in [5.74, 6) is 1.25. The number of aromatic nitrogens is 1. The molecule has 3 aliphatic rings. The van der Waals surface area contributed by atoms with Crippen LogP contribution in [-0.2, 0) is 14.3 Å². The molecule has 0 radical (unpaired) electrons. The molecule has 160 valence electrons. The fourth-order valence-corrected chi connectivity index (χ4v) is 5.38. The number of hydrogen-bond acceptors (Lipinski definition) is 4. The van der Waals surface area contributed by atoms with Gasteiger partial charge in [-0.05, 0) is 61.4 Å². The van der Waals surface area contributed by atoms with Gasteiger partial charge in [0.05, 0.1) is 17.5 Å². The minimum atomic E-state index is -0.534. The molecule has 1 aliphatic carbocycles. The summed E-state index contributed by atoms with van der Waals surface area (Å²) in [7, 11) is 0. The second-order valence-electron chi connectivity index (χ2n) is 9.06. The third-order valence-corrected chi connectivity index (χ3v) is 7.55. The van der Waals surface area contributed by atoms with Crippen LogP contribution in [0.25, 0.3) is 0 Å². The number of carbonyl (C=O) groups is 2. The Kier molecular flexibility index (Phi) is 5.00. The van der Waals surface area contributed by atoms with Crippen molar-refractivity contribution in [1.29, 1.82) is 0 Å². The maximum absolute atomic E-state index is 13.8. The Morgan fingerprint density at radius 3 is 2.45 bits per heavy atom. The highest BCUT2D eigenvalue weighted by Gasteiger charge is 2.54. The van der Waals surface area contributed by atoms with E-state index in [1.165, 1.54) is 0 Å². The second-order valence-corrected chi connectivity index (χ2v) is 9.98. The smallest absolute Gasteiger partial charge is 0.295 e. The molecule has 0 N–H and O–H groups in total. The van der Waals surface area contributed by atoms with Crippen molar-refractivity contribution in [2.75, 3.05) is 4.90 Å². The SMILES string of the molecule is Cc1cccc(N2C(=O)C3=C(C(=O)C4CC(C)C(C)CC4O3)C2c2ccc(Br)cc2)n1.